The number of aliphatic hydroxyl groups is 1. The number of hydrogen-bond donors (Lipinski definition) is 1. The minimum atomic E-state index is -0.614. The van der Waals surface area contributed by atoms with Gasteiger partial charge >= 0.3 is 5.97 Å². The third kappa shape index (κ3) is 4.58. The number of para-hydroxylation sites is 1. The molecule has 7 heteroatoms. The Labute approximate surface area is 164 Å². The van der Waals surface area contributed by atoms with Crippen LogP contribution in [0.4, 0.5) is 0 Å². The molecule has 0 unspecified atom stereocenters. The Morgan fingerprint density at radius 1 is 1.22 bits per heavy atom. The van der Waals surface area contributed by atoms with Crippen molar-refractivity contribution in [3.05, 3.63) is 29.8 Å². The lowest BCUT2D eigenvalue weighted by molar-refractivity contribution is -0.127. The first-order chi connectivity index (χ1) is 13.0. The summed E-state index contributed by atoms with van der Waals surface area (Å²) in [6.45, 7) is 3.49. The third-order valence-corrected chi connectivity index (χ3v) is 6.30. The zero-order chi connectivity index (χ0) is 19.4. The monoisotopic (exact) mass is 393 g/mol. The summed E-state index contributed by atoms with van der Waals surface area (Å²) in [6.07, 6.45) is 0.279. The van der Waals surface area contributed by atoms with E-state index >= 15 is 0 Å². The summed E-state index contributed by atoms with van der Waals surface area (Å²) in [7, 11) is 1.33. The molecule has 1 aromatic carbocycles. The highest BCUT2D eigenvalue weighted by molar-refractivity contribution is 7.99. The summed E-state index contributed by atoms with van der Waals surface area (Å²) < 4.78 is 10.8. The lowest BCUT2D eigenvalue weighted by Crippen LogP contribution is -2.42. The number of fused-ring (bicyclic) bond motifs is 1. The number of carbonyl (C=O) groups excluding carboxylic acids is 2. The average Bonchev–Trinajstić information content (AvgIpc) is 3.09. The van der Waals surface area contributed by atoms with Crippen LogP contribution in [0.15, 0.2) is 24.3 Å². The van der Waals surface area contributed by atoms with Crippen molar-refractivity contribution < 1.29 is 24.2 Å². The lowest BCUT2D eigenvalue weighted by Gasteiger charge is -2.35. The van der Waals surface area contributed by atoms with Crippen molar-refractivity contribution in [2.24, 2.45) is 11.8 Å². The van der Waals surface area contributed by atoms with Crippen molar-refractivity contribution >= 4 is 23.6 Å². The second-order valence-corrected chi connectivity index (χ2v) is 8.41. The van der Waals surface area contributed by atoms with Crippen LogP contribution in [0.5, 0.6) is 5.75 Å². The van der Waals surface area contributed by atoms with Crippen LogP contribution in [0.1, 0.15) is 30.1 Å². The minimum Gasteiger partial charge on any atom is -0.487 e. The van der Waals surface area contributed by atoms with Crippen LogP contribution in [0, 0.1) is 11.8 Å². The predicted octanol–water partition coefficient (Wildman–Crippen LogP) is 2.20. The molecule has 27 heavy (non-hydrogen) atoms. The number of methoxy groups -OCH3 is 1. The van der Waals surface area contributed by atoms with Gasteiger partial charge in [-0.1, -0.05) is 19.1 Å². The molecule has 0 spiro atoms. The van der Waals surface area contributed by atoms with Crippen LogP contribution in [0.3, 0.4) is 0 Å². The van der Waals surface area contributed by atoms with Gasteiger partial charge in [-0.3, -0.25) is 4.79 Å². The maximum absolute atomic E-state index is 12.3. The van der Waals surface area contributed by atoms with Gasteiger partial charge in [0, 0.05) is 13.1 Å². The molecule has 1 saturated carbocycles. The standard InChI is InChI=1S/C20H27NO5S/c1-3-27-12-19(23)21-10-13-8-16(22)18(9-14(13)11-21)26-17-7-5-4-6-15(17)20(24)25-2/h4-7,13-14,16,18,22H,3,8-12H2,1-2H3/t13-,14+,16+,18+/m0/s1. The van der Waals surface area contributed by atoms with Crippen LogP contribution in [0.25, 0.3) is 0 Å². The van der Waals surface area contributed by atoms with Crippen LogP contribution >= 0.6 is 11.8 Å². The van der Waals surface area contributed by atoms with Gasteiger partial charge in [0.05, 0.1) is 19.0 Å². The zero-order valence-corrected chi connectivity index (χ0v) is 16.6. The number of hydrogen-bond acceptors (Lipinski definition) is 6. The molecule has 1 heterocycles. The van der Waals surface area contributed by atoms with Gasteiger partial charge < -0.3 is 19.5 Å². The number of benzene rings is 1. The van der Waals surface area contributed by atoms with E-state index in [4.69, 9.17) is 9.47 Å². The minimum absolute atomic E-state index is 0.180. The number of rotatable bonds is 6. The van der Waals surface area contributed by atoms with E-state index in [-0.39, 0.29) is 5.91 Å². The molecule has 1 saturated heterocycles. The van der Waals surface area contributed by atoms with Crippen LogP contribution in [0.2, 0.25) is 0 Å². The average molecular weight is 394 g/mol. The SMILES string of the molecule is CCSCC(=O)N1C[C@H]2C[C@@H](Oc3ccccc3C(=O)OC)[C@H](O)C[C@H]2C1. The predicted molar refractivity (Wildman–Crippen MR) is 104 cm³/mol. The van der Waals surface area contributed by atoms with Crippen molar-refractivity contribution in [1.82, 2.24) is 4.90 Å². The molecule has 1 N–H and O–H groups in total. The van der Waals surface area contributed by atoms with E-state index in [1.165, 1.54) is 7.11 Å². The first kappa shape index (κ1) is 20.0. The molecule has 2 aliphatic rings. The Balaban J connectivity index is 1.65. The Morgan fingerprint density at radius 3 is 2.63 bits per heavy atom. The molecular formula is C20H27NO5S. The van der Waals surface area contributed by atoms with Crippen molar-refractivity contribution in [2.45, 2.75) is 32.0 Å². The summed E-state index contributed by atoms with van der Waals surface area (Å²) in [4.78, 5) is 26.2. The third-order valence-electron chi connectivity index (χ3n) is 5.44. The summed E-state index contributed by atoms with van der Waals surface area (Å²) in [6, 6.07) is 6.92. The number of thioether (sulfide) groups is 1. The zero-order valence-electron chi connectivity index (χ0n) is 15.8. The molecular weight excluding hydrogens is 366 g/mol. The number of nitrogens with zero attached hydrogens (tertiary/aromatic N) is 1. The number of aliphatic hydroxyl groups excluding tert-OH is 1. The smallest absolute Gasteiger partial charge is 0.341 e. The maximum Gasteiger partial charge on any atom is 0.341 e. The fourth-order valence-corrected chi connectivity index (χ4v) is 4.57. The van der Waals surface area contributed by atoms with Crippen LogP contribution < -0.4 is 4.74 Å². The maximum atomic E-state index is 12.3. The van der Waals surface area contributed by atoms with Gasteiger partial charge in [0.25, 0.3) is 0 Å². The summed E-state index contributed by atoms with van der Waals surface area (Å²) in [5, 5.41) is 10.6. The Kier molecular flexibility index (Phi) is 6.65. The van der Waals surface area contributed by atoms with Gasteiger partial charge in [-0.05, 0) is 42.6 Å². The molecule has 148 valence electrons. The highest BCUT2D eigenvalue weighted by Crippen LogP contribution is 2.38. The quantitative estimate of drug-likeness (QED) is 0.747. The first-order valence-electron chi connectivity index (χ1n) is 9.41. The molecule has 3 rings (SSSR count). The molecule has 6 nitrogen and oxygen atoms in total. The second kappa shape index (κ2) is 8.97. The molecule has 1 aliphatic heterocycles. The van der Waals surface area contributed by atoms with E-state index in [2.05, 4.69) is 0 Å². The van der Waals surface area contributed by atoms with E-state index < -0.39 is 18.2 Å². The van der Waals surface area contributed by atoms with Crippen LogP contribution in [-0.2, 0) is 9.53 Å². The van der Waals surface area contributed by atoms with Crippen LogP contribution in [-0.4, -0.2) is 65.8 Å². The fraction of sp³-hybridized carbons (Fsp3) is 0.600. The van der Waals surface area contributed by atoms with E-state index in [0.29, 0.717) is 41.7 Å². The Morgan fingerprint density at radius 2 is 1.93 bits per heavy atom. The number of esters is 1. The Hall–Kier alpha value is -1.73. The second-order valence-electron chi connectivity index (χ2n) is 7.14. The molecule has 0 radical (unpaired) electrons. The highest BCUT2D eigenvalue weighted by atomic mass is 32.2. The van der Waals surface area contributed by atoms with Gasteiger partial charge in [-0.15, -0.1) is 0 Å². The Bertz CT molecular complexity index is 682. The summed E-state index contributed by atoms with van der Waals surface area (Å²) in [5.74, 6) is 2.23. The molecule has 0 bridgehead atoms. The topological polar surface area (TPSA) is 76.1 Å². The molecule has 4 atom stereocenters. The van der Waals surface area contributed by atoms with E-state index in [1.54, 1.807) is 36.0 Å². The fourth-order valence-electron chi connectivity index (χ4n) is 4.01. The van der Waals surface area contributed by atoms with Gasteiger partial charge in [0.2, 0.25) is 5.91 Å². The highest BCUT2D eigenvalue weighted by Gasteiger charge is 2.44. The van der Waals surface area contributed by atoms with E-state index in [1.807, 2.05) is 11.8 Å². The van der Waals surface area contributed by atoms with Crippen molar-refractivity contribution in [3.63, 3.8) is 0 Å². The summed E-state index contributed by atoms with van der Waals surface area (Å²) >= 11 is 1.64. The van der Waals surface area contributed by atoms with E-state index in [9.17, 15) is 14.7 Å². The normalized spacial score (nSPS) is 27.1. The van der Waals surface area contributed by atoms with Crippen molar-refractivity contribution in [1.29, 1.82) is 0 Å². The number of carbonyl (C=O) groups is 2. The van der Waals surface area contributed by atoms with Gasteiger partial charge in [0.15, 0.2) is 0 Å². The number of ether oxygens (including phenoxy) is 2. The van der Waals surface area contributed by atoms with Crippen molar-refractivity contribution in [3.8, 4) is 5.75 Å². The van der Waals surface area contributed by atoms with Gasteiger partial charge in [-0.25, -0.2) is 4.79 Å². The van der Waals surface area contributed by atoms with Gasteiger partial charge in [-0.2, -0.15) is 11.8 Å². The number of likely N-dealkylation sites (tertiary alicyclic amines) is 1. The molecule has 2 fully saturated rings. The molecule has 1 aromatic rings. The van der Waals surface area contributed by atoms with Crippen molar-refractivity contribution in [2.75, 3.05) is 31.7 Å². The lowest BCUT2D eigenvalue weighted by atomic mass is 9.78. The summed E-state index contributed by atoms with van der Waals surface area (Å²) in [5.41, 5.74) is 0.356. The van der Waals surface area contributed by atoms with E-state index in [0.717, 1.165) is 18.8 Å². The van der Waals surface area contributed by atoms with Gasteiger partial charge in [0.1, 0.15) is 17.4 Å². The number of amides is 1. The first-order valence-corrected chi connectivity index (χ1v) is 10.6. The molecule has 1 aliphatic carbocycles. The molecule has 0 aromatic heterocycles. The molecule has 1 amide bonds. The largest absolute Gasteiger partial charge is 0.487 e.